The van der Waals surface area contributed by atoms with Gasteiger partial charge in [0, 0.05) is 17.1 Å². The van der Waals surface area contributed by atoms with Crippen LogP contribution in [0.5, 0.6) is 0 Å². The Morgan fingerprint density at radius 3 is 2.58 bits per heavy atom. The van der Waals surface area contributed by atoms with E-state index in [0.29, 0.717) is 5.15 Å². The first-order valence-electron chi connectivity index (χ1n) is 6.49. The van der Waals surface area contributed by atoms with Crippen LogP contribution in [-0.2, 0) is 16.9 Å². The zero-order valence-electron chi connectivity index (χ0n) is 10.4. The van der Waals surface area contributed by atoms with Crippen LogP contribution in [-0.4, -0.2) is 9.97 Å². The van der Waals surface area contributed by atoms with Crippen LogP contribution >= 0.6 is 23.4 Å². The molecule has 2 heterocycles. The molecule has 19 heavy (non-hydrogen) atoms. The number of halogens is 1. The lowest BCUT2D eigenvalue weighted by Crippen LogP contribution is -2.15. The number of aromatic nitrogens is 2. The molecule has 1 aliphatic carbocycles. The third kappa shape index (κ3) is 1.79. The lowest BCUT2D eigenvalue weighted by atomic mass is 9.95. The van der Waals surface area contributed by atoms with Crippen LogP contribution in [0.25, 0.3) is 0 Å². The third-order valence-electron chi connectivity index (χ3n) is 4.03. The summed E-state index contributed by atoms with van der Waals surface area (Å²) >= 11 is 8.20. The van der Waals surface area contributed by atoms with Crippen LogP contribution in [0.4, 0.5) is 0 Å². The van der Waals surface area contributed by atoms with E-state index >= 15 is 0 Å². The molecule has 0 unspecified atom stereocenters. The number of hydrogen-bond acceptors (Lipinski definition) is 3. The van der Waals surface area contributed by atoms with Crippen molar-refractivity contribution in [3.8, 4) is 0 Å². The first-order valence-corrected chi connectivity index (χ1v) is 8.02. The maximum absolute atomic E-state index is 6.33. The molecule has 2 aromatic rings. The molecule has 0 saturated heterocycles. The van der Waals surface area contributed by atoms with Gasteiger partial charge < -0.3 is 0 Å². The summed E-state index contributed by atoms with van der Waals surface area (Å²) in [6, 6.07) is 10.6. The smallest absolute Gasteiger partial charge is 0.140 e. The standard InChI is InChI=1S/C15H13ClN2S/c16-13-11-8-19-9-12(11)17-14(18-13)15(6-7-15)10-4-2-1-3-5-10/h1-5H,6-9H2. The number of nitrogens with zero attached hydrogens (tertiary/aromatic N) is 2. The van der Waals surface area contributed by atoms with Gasteiger partial charge in [-0.1, -0.05) is 41.9 Å². The normalized spacial score (nSPS) is 19.2. The highest BCUT2D eigenvalue weighted by Gasteiger charge is 2.49. The van der Waals surface area contributed by atoms with Crippen molar-refractivity contribution in [2.75, 3.05) is 0 Å². The van der Waals surface area contributed by atoms with Crippen molar-refractivity contribution in [1.29, 1.82) is 0 Å². The van der Waals surface area contributed by atoms with Gasteiger partial charge in [-0.2, -0.15) is 11.8 Å². The van der Waals surface area contributed by atoms with E-state index in [1.807, 2.05) is 17.8 Å². The minimum atomic E-state index is 0.0210. The van der Waals surface area contributed by atoms with Crippen LogP contribution in [0.3, 0.4) is 0 Å². The van der Waals surface area contributed by atoms with Crippen molar-refractivity contribution < 1.29 is 0 Å². The van der Waals surface area contributed by atoms with Gasteiger partial charge >= 0.3 is 0 Å². The maximum atomic E-state index is 6.33. The Morgan fingerprint density at radius 1 is 1.05 bits per heavy atom. The maximum Gasteiger partial charge on any atom is 0.140 e. The number of thioether (sulfide) groups is 1. The summed E-state index contributed by atoms with van der Waals surface area (Å²) in [6.45, 7) is 0. The number of benzene rings is 1. The Balaban J connectivity index is 1.83. The molecule has 4 heteroatoms. The molecule has 2 nitrogen and oxygen atoms in total. The van der Waals surface area contributed by atoms with Gasteiger partial charge in [0.1, 0.15) is 11.0 Å². The van der Waals surface area contributed by atoms with E-state index in [1.54, 1.807) is 0 Å². The number of fused-ring (bicyclic) bond motifs is 1. The number of rotatable bonds is 2. The molecule has 1 aliphatic heterocycles. The van der Waals surface area contributed by atoms with Gasteiger partial charge in [-0.25, -0.2) is 9.97 Å². The van der Waals surface area contributed by atoms with Crippen LogP contribution in [0.1, 0.15) is 35.5 Å². The van der Waals surface area contributed by atoms with E-state index < -0.39 is 0 Å². The quantitative estimate of drug-likeness (QED) is 0.783. The summed E-state index contributed by atoms with van der Waals surface area (Å²) in [5.74, 6) is 2.84. The highest BCUT2D eigenvalue weighted by Crippen LogP contribution is 2.52. The Kier molecular flexibility index (Phi) is 2.61. The molecule has 1 fully saturated rings. The topological polar surface area (TPSA) is 25.8 Å². The van der Waals surface area contributed by atoms with Crippen LogP contribution in [0.2, 0.25) is 5.15 Å². The Hall–Kier alpha value is -1.06. The number of hydrogen-bond donors (Lipinski definition) is 0. The first-order chi connectivity index (χ1) is 9.29. The van der Waals surface area contributed by atoms with Gasteiger partial charge in [0.05, 0.1) is 11.1 Å². The molecule has 2 aliphatic rings. The molecule has 0 atom stereocenters. The zero-order chi connectivity index (χ0) is 12.9. The molecule has 96 valence electrons. The second-order valence-electron chi connectivity index (χ2n) is 5.20. The van der Waals surface area contributed by atoms with Gasteiger partial charge in [-0.05, 0) is 18.4 Å². The van der Waals surface area contributed by atoms with Crippen molar-refractivity contribution in [2.45, 2.75) is 29.8 Å². The van der Waals surface area contributed by atoms with Crippen molar-refractivity contribution >= 4 is 23.4 Å². The Bertz CT molecular complexity index is 638. The predicted octanol–water partition coefficient (Wildman–Crippen LogP) is 3.96. The second-order valence-corrected chi connectivity index (χ2v) is 6.55. The van der Waals surface area contributed by atoms with Crippen LogP contribution in [0, 0.1) is 0 Å². The second kappa shape index (κ2) is 4.22. The average molecular weight is 289 g/mol. The monoisotopic (exact) mass is 288 g/mol. The fourth-order valence-electron chi connectivity index (χ4n) is 2.75. The van der Waals surface area contributed by atoms with Crippen molar-refractivity contribution in [3.05, 3.63) is 58.1 Å². The summed E-state index contributed by atoms with van der Waals surface area (Å²) < 4.78 is 0. The fourth-order valence-corrected chi connectivity index (χ4v) is 4.13. The predicted molar refractivity (Wildman–Crippen MR) is 78.5 cm³/mol. The van der Waals surface area contributed by atoms with E-state index in [2.05, 4.69) is 29.2 Å². The Labute approximate surface area is 121 Å². The SMILES string of the molecule is Clc1nc(C2(c3ccccc3)CC2)nc2c1CSC2. The molecular weight excluding hydrogens is 276 g/mol. The summed E-state index contributed by atoms with van der Waals surface area (Å²) in [6.07, 6.45) is 2.25. The van der Waals surface area contributed by atoms with Crippen molar-refractivity contribution in [2.24, 2.45) is 0 Å². The van der Waals surface area contributed by atoms with Gasteiger partial charge in [0.25, 0.3) is 0 Å². The summed E-state index contributed by atoms with van der Waals surface area (Å²) in [5, 5.41) is 0.659. The molecule has 0 spiro atoms. The van der Waals surface area contributed by atoms with Gasteiger partial charge in [0.2, 0.25) is 0 Å². The third-order valence-corrected chi connectivity index (χ3v) is 5.31. The van der Waals surface area contributed by atoms with Crippen LogP contribution < -0.4 is 0 Å². The fraction of sp³-hybridized carbons (Fsp3) is 0.333. The molecule has 1 aromatic carbocycles. The lowest BCUT2D eigenvalue weighted by molar-refractivity contribution is 0.744. The molecule has 4 rings (SSSR count). The average Bonchev–Trinajstić information content (AvgIpc) is 3.12. The van der Waals surface area contributed by atoms with Crippen molar-refractivity contribution in [3.63, 3.8) is 0 Å². The first kappa shape index (κ1) is 11.7. The lowest BCUT2D eigenvalue weighted by Gasteiger charge is -2.15. The molecular formula is C15H13ClN2S. The highest BCUT2D eigenvalue weighted by molar-refractivity contribution is 7.98. The summed E-state index contributed by atoms with van der Waals surface area (Å²) in [5.41, 5.74) is 3.62. The molecule has 0 amide bonds. The minimum Gasteiger partial charge on any atom is -0.236 e. The van der Waals surface area contributed by atoms with E-state index in [1.165, 1.54) is 5.56 Å². The van der Waals surface area contributed by atoms with Gasteiger partial charge in [-0.15, -0.1) is 0 Å². The van der Waals surface area contributed by atoms with Crippen molar-refractivity contribution in [1.82, 2.24) is 9.97 Å². The van der Waals surface area contributed by atoms with E-state index in [0.717, 1.165) is 41.4 Å². The summed E-state index contributed by atoms with van der Waals surface area (Å²) in [4.78, 5) is 9.40. The summed E-state index contributed by atoms with van der Waals surface area (Å²) in [7, 11) is 0. The zero-order valence-corrected chi connectivity index (χ0v) is 12.0. The molecule has 0 N–H and O–H groups in total. The Morgan fingerprint density at radius 2 is 1.84 bits per heavy atom. The molecule has 1 saturated carbocycles. The van der Waals surface area contributed by atoms with E-state index in [-0.39, 0.29) is 5.41 Å². The van der Waals surface area contributed by atoms with Gasteiger partial charge in [-0.3, -0.25) is 0 Å². The minimum absolute atomic E-state index is 0.0210. The molecule has 0 radical (unpaired) electrons. The highest BCUT2D eigenvalue weighted by atomic mass is 35.5. The van der Waals surface area contributed by atoms with E-state index in [4.69, 9.17) is 16.6 Å². The van der Waals surface area contributed by atoms with E-state index in [9.17, 15) is 0 Å². The van der Waals surface area contributed by atoms with Crippen LogP contribution in [0.15, 0.2) is 30.3 Å². The molecule has 1 aromatic heterocycles. The largest absolute Gasteiger partial charge is 0.236 e. The van der Waals surface area contributed by atoms with Gasteiger partial charge in [0.15, 0.2) is 0 Å². The molecule has 0 bridgehead atoms.